The lowest BCUT2D eigenvalue weighted by Gasteiger charge is -2.46. The Balaban J connectivity index is 1.74. The monoisotopic (exact) mass is 476 g/mol. The van der Waals surface area contributed by atoms with Gasteiger partial charge in [0.2, 0.25) is 10.0 Å². The molecule has 1 heterocycles. The molecule has 0 bridgehead atoms. The number of carbonyl (C=O) groups is 2. The molecular weight excluding hydrogens is 452 g/mol. The molecule has 2 aliphatic rings. The highest BCUT2D eigenvalue weighted by Crippen LogP contribution is 2.45. The maximum Gasteiger partial charge on any atom is 0.313 e. The Morgan fingerprint density at radius 2 is 1.69 bits per heavy atom. The molecule has 0 radical (unpaired) electrons. The Bertz CT molecular complexity index is 1130. The van der Waals surface area contributed by atoms with Crippen LogP contribution in [0.5, 0.6) is 0 Å². The quantitative estimate of drug-likeness (QED) is 0.686. The number of amides is 1. The smallest absolute Gasteiger partial charge is 0.313 e. The van der Waals surface area contributed by atoms with Crippen molar-refractivity contribution in [3.63, 3.8) is 0 Å². The molecule has 1 fully saturated rings. The van der Waals surface area contributed by atoms with E-state index in [9.17, 15) is 23.1 Å². The van der Waals surface area contributed by atoms with Crippen molar-refractivity contribution < 1.29 is 23.1 Å². The second-order valence-electron chi connectivity index (χ2n) is 8.51. The first-order valence-electron chi connectivity index (χ1n) is 10.5. The van der Waals surface area contributed by atoms with E-state index in [1.54, 1.807) is 53.4 Å². The Hall–Kier alpha value is -2.42. The minimum absolute atomic E-state index is 0.183. The van der Waals surface area contributed by atoms with Gasteiger partial charge in [-0.1, -0.05) is 41.9 Å². The van der Waals surface area contributed by atoms with Crippen LogP contribution in [0.2, 0.25) is 5.02 Å². The fourth-order valence-corrected chi connectivity index (χ4v) is 5.97. The average molecular weight is 477 g/mol. The van der Waals surface area contributed by atoms with Crippen molar-refractivity contribution in [1.29, 1.82) is 0 Å². The second kappa shape index (κ2) is 8.84. The standard InChI is InChI=1S/C23H25ClN2O5S/c1-32(30,31)25-16-10-12-17(13-11-16)26-21(14-6-8-15(24)9-7-14)20(23(28)29)18-4-2-3-5-19(18)22(26)27/h2-9,16-17,20-21,25H,10-13H2,1H3,(H,28,29)/t16?,17?,20-,21+/m1/s1. The highest BCUT2D eigenvalue weighted by molar-refractivity contribution is 7.88. The van der Waals surface area contributed by atoms with Crippen LogP contribution in [-0.4, -0.2) is 48.6 Å². The van der Waals surface area contributed by atoms with Gasteiger partial charge in [-0.25, -0.2) is 13.1 Å². The van der Waals surface area contributed by atoms with Crippen molar-refractivity contribution in [2.45, 2.75) is 49.7 Å². The molecule has 2 N–H and O–H groups in total. The largest absolute Gasteiger partial charge is 0.481 e. The van der Waals surface area contributed by atoms with Crippen LogP contribution in [0, 0.1) is 0 Å². The van der Waals surface area contributed by atoms with E-state index >= 15 is 0 Å². The van der Waals surface area contributed by atoms with E-state index in [1.807, 2.05) is 0 Å². The van der Waals surface area contributed by atoms with Gasteiger partial charge >= 0.3 is 5.97 Å². The minimum atomic E-state index is -3.32. The Kier molecular flexibility index (Phi) is 6.29. The lowest BCUT2D eigenvalue weighted by molar-refractivity contribution is -0.141. The topological polar surface area (TPSA) is 104 Å². The lowest BCUT2D eigenvalue weighted by atomic mass is 9.77. The molecule has 0 unspecified atom stereocenters. The van der Waals surface area contributed by atoms with Crippen LogP contribution < -0.4 is 4.72 Å². The normalized spacial score (nSPS) is 25.9. The van der Waals surface area contributed by atoms with Gasteiger partial charge in [-0.15, -0.1) is 0 Å². The minimum Gasteiger partial charge on any atom is -0.481 e. The van der Waals surface area contributed by atoms with Crippen LogP contribution in [-0.2, 0) is 14.8 Å². The summed E-state index contributed by atoms with van der Waals surface area (Å²) in [6.07, 6.45) is 3.45. The first kappa shape index (κ1) is 22.8. The summed E-state index contributed by atoms with van der Waals surface area (Å²) < 4.78 is 25.9. The molecule has 2 aromatic carbocycles. The van der Waals surface area contributed by atoms with Crippen molar-refractivity contribution in [2.24, 2.45) is 0 Å². The van der Waals surface area contributed by atoms with E-state index in [-0.39, 0.29) is 18.0 Å². The molecule has 170 valence electrons. The number of carbonyl (C=O) groups excluding carboxylic acids is 1. The highest BCUT2D eigenvalue weighted by Gasteiger charge is 2.47. The van der Waals surface area contributed by atoms with Gasteiger partial charge in [0, 0.05) is 22.7 Å². The molecule has 1 aliphatic carbocycles. The number of nitrogens with one attached hydrogen (secondary N) is 1. The number of hydrogen-bond acceptors (Lipinski definition) is 4. The SMILES string of the molecule is CS(=O)(=O)NC1CCC(N2C(=O)c3ccccc3[C@@H](C(=O)O)[C@@H]2c2ccc(Cl)cc2)CC1. The molecule has 1 amide bonds. The first-order valence-corrected chi connectivity index (χ1v) is 12.8. The van der Waals surface area contributed by atoms with Crippen LogP contribution in [0.25, 0.3) is 0 Å². The Morgan fingerprint density at radius 3 is 2.28 bits per heavy atom. The van der Waals surface area contributed by atoms with Gasteiger partial charge in [-0.2, -0.15) is 0 Å². The lowest BCUT2D eigenvalue weighted by Crippen LogP contribution is -2.52. The number of rotatable bonds is 5. The molecule has 0 saturated heterocycles. The summed E-state index contributed by atoms with van der Waals surface area (Å²) in [6.45, 7) is 0. The fourth-order valence-electron chi connectivity index (χ4n) is 5.01. The molecule has 32 heavy (non-hydrogen) atoms. The van der Waals surface area contributed by atoms with Gasteiger partial charge in [0.25, 0.3) is 5.91 Å². The number of hydrogen-bond donors (Lipinski definition) is 2. The molecule has 0 aromatic heterocycles. The molecular formula is C23H25ClN2O5S. The van der Waals surface area contributed by atoms with Crippen molar-refractivity contribution in [3.05, 3.63) is 70.2 Å². The van der Waals surface area contributed by atoms with Crippen LogP contribution >= 0.6 is 11.6 Å². The summed E-state index contributed by atoms with van der Waals surface area (Å²) in [6, 6.07) is 12.8. The van der Waals surface area contributed by atoms with Gasteiger partial charge < -0.3 is 10.0 Å². The molecule has 2 atom stereocenters. The highest BCUT2D eigenvalue weighted by atomic mass is 35.5. The van der Waals surface area contributed by atoms with Gasteiger partial charge in [0.05, 0.1) is 12.3 Å². The predicted octanol–water partition coefficient (Wildman–Crippen LogP) is 3.57. The third kappa shape index (κ3) is 4.53. The summed E-state index contributed by atoms with van der Waals surface area (Å²) in [7, 11) is -3.32. The van der Waals surface area contributed by atoms with Crippen LogP contribution in [0.4, 0.5) is 0 Å². The molecule has 7 nitrogen and oxygen atoms in total. The number of benzene rings is 2. The summed E-state index contributed by atoms with van der Waals surface area (Å²) in [5.41, 5.74) is 1.62. The van der Waals surface area contributed by atoms with E-state index in [0.29, 0.717) is 47.4 Å². The summed E-state index contributed by atoms with van der Waals surface area (Å²) in [5.74, 6) is -2.11. The average Bonchev–Trinajstić information content (AvgIpc) is 2.74. The number of carboxylic acids is 1. The number of fused-ring (bicyclic) bond motifs is 1. The molecule has 4 rings (SSSR count). The van der Waals surface area contributed by atoms with Crippen molar-refractivity contribution >= 4 is 33.5 Å². The van der Waals surface area contributed by atoms with Gasteiger partial charge in [0.15, 0.2) is 0 Å². The zero-order valence-electron chi connectivity index (χ0n) is 17.6. The number of carboxylic acid groups (broad SMARTS) is 1. The predicted molar refractivity (Wildman–Crippen MR) is 121 cm³/mol. The van der Waals surface area contributed by atoms with Gasteiger partial charge in [-0.05, 0) is 55.0 Å². The molecule has 2 aromatic rings. The molecule has 0 spiro atoms. The van der Waals surface area contributed by atoms with Gasteiger partial charge in [-0.3, -0.25) is 9.59 Å². The molecule has 1 aliphatic heterocycles. The number of nitrogens with zero attached hydrogens (tertiary/aromatic N) is 1. The van der Waals surface area contributed by atoms with E-state index in [0.717, 1.165) is 6.26 Å². The zero-order chi connectivity index (χ0) is 23.0. The maximum absolute atomic E-state index is 13.6. The fraction of sp³-hybridized carbons (Fsp3) is 0.391. The summed E-state index contributed by atoms with van der Waals surface area (Å²) >= 11 is 6.06. The van der Waals surface area contributed by atoms with E-state index in [2.05, 4.69) is 4.72 Å². The van der Waals surface area contributed by atoms with Crippen LogP contribution in [0.15, 0.2) is 48.5 Å². The first-order chi connectivity index (χ1) is 15.2. The number of aliphatic carboxylic acids is 1. The van der Waals surface area contributed by atoms with Crippen molar-refractivity contribution in [2.75, 3.05) is 6.26 Å². The molecule has 1 saturated carbocycles. The Morgan fingerprint density at radius 1 is 1.06 bits per heavy atom. The van der Waals surface area contributed by atoms with Crippen molar-refractivity contribution in [3.8, 4) is 0 Å². The molecule has 9 heteroatoms. The summed E-state index contributed by atoms with van der Waals surface area (Å²) in [5, 5.41) is 10.7. The second-order valence-corrected chi connectivity index (χ2v) is 10.7. The third-order valence-corrected chi connectivity index (χ3v) is 7.34. The van der Waals surface area contributed by atoms with Crippen LogP contribution in [0.3, 0.4) is 0 Å². The maximum atomic E-state index is 13.6. The van der Waals surface area contributed by atoms with Crippen LogP contribution in [0.1, 0.15) is 59.1 Å². The Labute approximate surface area is 192 Å². The van der Waals surface area contributed by atoms with E-state index in [4.69, 9.17) is 11.6 Å². The van der Waals surface area contributed by atoms with E-state index < -0.39 is 28.0 Å². The summed E-state index contributed by atoms with van der Waals surface area (Å²) in [4.78, 5) is 27.8. The third-order valence-electron chi connectivity index (χ3n) is 6.32. The van der Waals surface area contributed by atoms with E-state index in [1.165, 1.54) is 0 Å². The van der Waals surface area contributed by atoms with Gasteiger partial charge in [0.1, 0.15) is 5.92 Å². The number of sulfonamides is 1. The zero-order valence-corrected chi connectivity index (χ0v) is 19.1. The van der Waals surface area contributed by atoms with Crippen molar-refractivity contribution in [1.82, 2.24) is 9.62 Å². The number of halogens is 1.